The molecule has 0 fully saturated rings. The lowest BCUT2D eigenvalue weighted by Gasteiger charge is -2.21. The van der Waals surface area contributed by atoms with Crippen molar-refractivity contribution in [1.82, 2.24) is 5.43 Å². The first kappa shape index (κ1) is 15.3. The number of rotatable bonds is 5. The lowest BCUT2D eigenvalue weighted by Crippen LogP contribution is -2.30. The van der Waals surface area contributed by atoms with E-state index in [0.29, 0.717) is 11.3 Å². The van der Waals surface area contributed by atoms with Crippen molar-refractivity contribution in [1.29, 1.82) is 0 Å². The Balaban J connectivity index is 2.57. The Kier molecular flexibility index (Phi) is 4.77. The van der Waals surface area contributed by atoms with Crippen LogP contribution in [0.3, 0.4) is 0 Å². The molecule has 5 heteroatoms. The van der Waals surface area contributed by atoms with Gasteiger partial charge in [-0.2, -0.15) is 0 Å². The Morgan fingerprint density at radius 1 is 1.05 bits per heavy atom. The van der Waals surface area contributed by atoms with Crippen LogP contribution in [-0.2, 0) is 0 Å². The van der Waals surface area contributed by atoms with Crippen LogP contribution in [0.2, 0.25) is 0 Å². The van der Waals surface area contributed by atoms with Crippen LogP contribution < -0.4 is 20.7 Å². The summed E-state index contributed by atoms with van der Waals surface area (Å²) in [5, 5.41) is 0. The van der Waals surface area contributed by atoms with Gasteiger partial charge in [0.1, 0.15) is 5.75 Å². The van der Waals surface area contributed by atoms with Gasteiger partial charge in [0.15, 0.2) is 11.6 Å². The number of nitrogens with two attached hydrogens (primary N) is 1. The lowest BCUT2D eigenvalue weighted by atomic mass is 9.96. The van der Waals surface area contributed by atoms with Crippen molar-refractivity contribution < 1.29 is 13.9 Å². The van der Waals surface area contributed by atoms with E-state index in [4.69, 9.17) is 15.3 Å². The third-order valence-electron chi connectivity index (χ3n) is 3.39. The van der Waals surface area contributed by atoms with E-state index in [1.807, 2.05) is 25.1 Å². The zero-order valence-electron chi connectivity index (χ0n) is 12.3. The number of hydrogen-bond acceptors (Lipinski definition) is 4. The molecule has 1 atom stereocenters. The standard InChI is InChI=1S/C16H19FN2O2/c1-10-7-8-13(20-2)12(9-10)16(19-18)11-5-4-6-14(21-3)15(11)17/h4-9,16,19H,18H2,1-3H3. The third kappa shape index (κ3) is 2.99. The van der Waals surface area contributed by atoms with Crippen LogP contribution in [0.4, 0.5) is 4.39 Å². The molecular formula is C16H19FN2O2. The van der Waals surface area contributed by atoms with Crippen molar-refractivity contribution in [3.63, 3.8) is 0 Å². The van der Waals surface area contributed by atoms with Gasteiger partial charge in [-0.1, -0.05) is 29.8 Å². The van der Waals surface area contributed by atoms with Crippen LogP contribution in [-0.4, -0.2) is 14.2 Å². The van der Waals surface area contributed by atoms with Crippen LogP contribution in [0.5, 0.6) is 11.5 Å². The molecule has 21 heavy (non-hydrogen) atoms. The predicted octanol–water partition coefficient (Wildman–Crippen LogP) is 2.70. The average molecular weight is 290 g/mol. The average Bonchev–Trinajstić information content (AvgIpc) is 2.50. The Labute approximate surface area is 123 Å². The third-order valence-corrected chi connectivity index (χ3v) is 3.39. The van der Waals surface area contributed by atoms with Crippen molar-refractivity contribution in [2.24, 2.45) is 5.84 Å². The molecule has 3 N–H and O–H groups in total. The van der Waals surface area contributed by atoms with Gasteiger partial charge in [-0.25, -0.2) is 9.82 Å². The lowest BCUT2D eigenvalue weighted by molar-refractivity contribution is 0.379. The summed E-state index contributed by atoms with van der Waals surface area (Å²) in [6, 6.07) is 10.1. The molecule has 0 bridgehead atoms. The zero-order valence-corrected chi connectivity index (χ0v) is 12.3. The highest BCUT2D eigenvalue weighted by atomic mass is 19.1. The first-order valence-corrected chi connectivity index (χ1v) is 6.55. The highest BCUT2D eigenvalue weighted by Gasteiger charge is 2.22. The monoisotopic (exact) mass is 290 g/mol. The van der Waals surface area contributed by atoms with E-state index in [-0.39, 0.29) is 5.75 Å². The molecule has 2 rings (SSSR count). The summed E-state index contributed by atoms with van der Waals surface area (Å²) in [7, 11) is 3.00. The zero-order chi connectivity index (χ0) is 15.4. The molecule has 2 aromatic carbocycles. The maximum Gasteiger partial charge on any atom is 0.170 e. The van der Waals surface area contributed by atoms with Crippen LogP contribution in [0, 0.1) is 12.7 Å². The first-order valence-electron chi connectivity index (χ1n) is 6.55. The smallest absolute Gasteiger partial charge is 0.170 e. The molecule has 0 aromatic heterocycles. The molecule has 0 amide bonds. The minimum Gasteiger partial charge on any atom is -0.496 e. The first-order chi connectivity index (χ1) is 10.1. The molecule has 0 aliphatic carbocycles. The Morgan fingerprint density at radius 3 is 2.38 bits per heavy atom. The van der Waals surface area contributed by atoms with Gasteiger partial charge < -0.3 is 9.47 Å². The van der Waals surface area contributed by atoms with Crippen molar-refractivity contribution in [2.75, 3.05) is 14.2 Å². The fourth-order valence-corrected chi connectivity index (χ4v) is 2.33. The Hall–Kier alpha value is -2.11. The minimum absolute atomic E-state index is 0.180. The Bertz CT molecular complexity index is 632. The topological polar surface area (TPSA) is 56.5 Å². The number of aryl methyl sites for hydroxylation is 1. The second-order valence-corrected chi connectivity index (χ2v) is 4.71. The molecule has 0 heterocycles. The normalized spacial score (nSPS) is 12.0. The Morgan fingerprint density at radius 2 is 1.76 bits per heavy atom. The van der Waals surface area contributed by atoms with Crippen molar-refractivity contribution in [2.45, 2.75) is 13.0 Å². The maximum atomic E-state index is 14.5. The number of ether oxygens (including phenoxy) is 2. The van der Waals surface area contributed by atoms with Crippen LogP contribution in [0.15, 0.2) is 36.4 Å². The van der Waals surface area contributed by atoms with Crippen molar-refractivity contribution >= 4 is 0 Å². The molecule has 4 nitrogen and oxygen atoms in total. The molecule has 2 aromatic rings. The maximum absolute atomic E-state index is 14.5. The number of hydrazine groups is 1. The van der Waals surface area contributed by atoms with E-state index in [0.717, 1.165) is 11.1 Å². The second kappa shape index (κ2) is 6.56. The second-order valence-electron chi connectivity index (χ2n) is 4.71. The SMILES string of the molecule is COc1ccc(C)cc1C(NN)c1cccc(OC)c1F. The molecule has 0 spiro atoms. The van der Waals surface area contributed by atoms with E-state index < -0.39 is 11.9 Å². The van der Waals surface area contributed by atoms with Crippen LogP contribution in [0.1, 0.15) is 22.7 Å². The quantitative estimate of drug-likeness (QED) is 0.656. The van der Waals surface area contributed by atoms with E-state index in [2.05, 4.69) is 5.43 Å². The molecule has 0 saturated carbocycles. The van der Waals surface area contributed by atoms with E-state index in [1.54, 1.807) is 25.3 Å². The largest absolute Gasteiger partial charge is 0.496 e. The number of benzene rings is 2. The highest BCUT2D eigenvalue weighted by Crippen LogP contribution is 2.33. The number of hydrogen-bond donors (Lipinski definition) is 2. The van der Waals surface area contributed by atoms with Crippen molar-refractivity contribution in [3.05, 3.63) is 58.9 Å². The summed E-state index contributed by atoms with van der Waals surface area (Å²) in [4.78, 5) is 0. The van der Waals surface area contributed by atoms with E-state index in [9.17, 15) is 4.39 Å². The fourth-order valence-electron chi connectivity index (χ4n) is 2.33. The molecule has 0 aliphatic rings. The van der Waals surface area contributed by atoms with Gasteiger partial charge >= 0.3 is 0 Å². The van der Waals surface area contributed by atoms with Gasteiger partial charge in [0.2, 0.25) is 0 Å². The van der Waals surface area contributed by atoms with Gasteiger partial charge in [0, 0.05) is 11.1 Å². The molecule has 1 unspecified atom stereocenters. The van der Waals surface area contributed by atoms with E-state index >= 15 is 0 Å². The van der Waals surface area contributed by atoms with Gasteiger partial charge in [-0.3, -0.25) is 5.84 Å². The molecular weight excluding hydrogens is 271 g/mol. The summed E-state index contributed by atoms with van der Waals surface area (Å²) in [5.74, 6) is 6.04. The number of methoxy groups -OCH3 is 2. The van der Waals surface area contributed by atoms with Gasteiger partial charge in [0.25, 0.3) is 0 Å². The summed E-state index contributed by atoms with van der Waals surface area (Å²) in [6.45, 7) is 1.96. The molecule has 0 radical (unpaired) electrons. The van der Waals surface area contributed by atoms with Gasteiger partial charge in [-0.15, -0.1) is 0 Å². The molecule has 0 aliphatic heterocycles. The summed E-state index contributed by atoms with van der Waals surface area (Å²) < 4.78 is 24.8. The van der Waals surface area contributed by atoms with Crippen molar-refractivity contribution in [3.8, 4) is 11.5 Å². The molecule has 112 valence electrons. The minimum atomic E-state index is -0.532. The van der Waals surface area contributed by atoms with Crippen LogP contribution in [0.25, 0.3) is 0 Å². The molecule has 0 saturated heterocycles. The van der Waals surface area contributed by atoms with E-state index in [1.165, 1.54) is 7.11 Å². The predicted molar refractivity (Wildman–Crippen MR) is 79.8 cm³/mol. The highest BCUT2D eigenvalue weighted by molar-refractivity contribution is 5.45. The van der Waals surface area contributed by atoms with Crippen LogP contribution >= 0.6 is 0 Å². The summed E-state index contributed by atoms with van der Waals surface area (Å²) in [5.41, 5.74) is 4.86. The summed E-state index contributed by atoms with van der Waals surface area (Å²) >= 11 is 0. The van der Waals surface area contributed by atoms with Gasteiger partial charge in [0.05, 0.1) is 20.3 Å². The fraction of sp³-hybridized carbons (Fsp3) is 0.250. The summed E-state index contributed by atoms with van der Waals surface area (Å²) in [6.07, 6.45) is 0. The number of nitrogens with one attached hydrogen (secondary N) is 1. The number of halogens is 1. The van der Waals surface area contributed by atoms with Gasteiger partial charge in [-0.05, 0) is 19.1 Å².